The van der Waals surface area contributed by atoms with Gasteiger partial charge in [0.1, 0.15) is 0 Å². The van der Waals surface area contributed by atoms with Crippen LogP contribution in [0.5, 0.6) is 0 Å². The molecule has 0 fully saturated rings. The van der Waals surface area contributed by atoms with Gasteiger partial charge in [0.15, 0.2) is 0 Å². The van der Waals surface area contributed by atoms with Gasteiger partial charge in [0.05, 0.1) is 0 Å². The van der Waals surface area contributed by atoms with Gasteiger partial charge in [-0.3, -0.25) is 0 Å². The molecule has 0 aliphatic rings. The van der Waals surface area contributed by atoms with Crippen molar-refractivity contribution in [3.63, 3.8) is 0 Å². The molecule has 1 atom stereocenters. The number of unbranched alkanes of at least 4 members (excludes halogenated alkanes) is 11. The Bertz CT molecular complexity index is 269. The standard InChI is InChI=1S/C22H48O2Si/c1-6-8-9-10-11-12-13-14-15-16-17-18-20-23-25(4,5)24-21-19-22(3)7-2/h22H,6-21H2,1-5H3. The summed E-state index contributed by atoms with van der Waals surface area (Å²) in [7, 11) is -1.88. The summed E-state index contributed by atoms with van der Waals surface area (Å²) in [5.74, 6) is 0.765. The topological polar surface area (TPSA) is 18.5 Å². The summed E-state index contributed by atoms with van der Waals surface area (Å²) in [6.07, 6.45) is 19.1. The molecular formula is C22H48O2Si. The van der Waals surface area contributed by atoms with E-state index in [2.05, 4.69) is 33.9 Å². The van der Waals surface area contributed by atoms with E-state index in [-0.39, 0.29) is 0 Å². The minimum Gasteiger partial charge on any atom is -0.395 e. The van der Waals surface area contributed by atoms with Crippen LogP contribution >= 0.6 is 0 Å². The van der Waals surface area contributed by atoms with E-state index in [1.165, 1.54) is 83.5 Å². The molecular weight excluding hydrogens is 324 g/mol. The highest BCUT2D eigenvalue weighted by Crippen LogP contribution is 2.14. The SMILES string of the molecule is CCCCCCCCCCCCCCO[Si](C)(C)OCCC(C)CC. The monoisotopic (exact) mass is 372 g/mol. The molecule has 0 aliphatic carbocycles. The van der Waals surface area contributed by atoms with Crippen LogP contribution in [-0.2, 0) is 8.85 Å². The van der Waals surface area contributed by atoms with Crippen molar-refractivity contribution in [2.75, 3.05) is 13.2 Å². The molecule has 0 amide bonds. The fraction of sp³-hybridized carbons (Fsp3) is 1.00. The Morgan fingerprint density at radius 2 is 1.08 bits per heavy atom. The van der Waals surface area contributed by atoms with Crippen LogP contribution in [0, 0.1) is 5.92 Å². The van der Waals surface area contributed by atoms with Crippen molar-refractivity contribution in [3.8, 4) is 0 Å². The van der Waals surface area contributed by atoms with Crippen molar-refractivity contribution in [2.45, 2.75) is 124 Å². The van der Waals surface area contributed by atoms with Gasteiger partial charge >= 0.3 is 8.56 Å². The quantitative estimate of drug-likeness (QED) is 0.170. The zero-order chi connectivity index (χ0) is 18.8. The van der Waals surface area contributed by atoms with Crippen molar-refractivity contribution in [3.05, 3.63) is 0 Å². The smallest absolute Gasteiger partial charge is 0.331 e. The van der Waals surface area contributed by atoms with E-state index < -0.39 is 8.56 Å². The summed E-state index contributed by atoms with van der Waals surface area (Å²) < 4.78 is 12.1. The molecule has 0 aromatic carbocycles. The Morgan fingerprint density at radius 1 is 0.640 bits per heavy atom. The third kappa shape index (κ3) is 18.7. The highest BCUT2D eigenvalue weighted by molar-refractivity contribution is 6.64. The summed E-state index contributed by atoms with van der Waals surface area (Å²) in [5.41, 5.74) is 0. The normalized spacial score (nSPS) is 13.3. The van der Waals surface area contributed by atoms with E-state index >= 15 is 0 Å². The number of hydrogen-bond donors (Lipinski definition) is 0. The zero-order valence-corrected chi connectivity index (χ0v) is 19.2. The lowest BCUT2D eigenvalue weighted by Gasteiger charge is -2.23. The Morgan fingerprint density at radius 3 is 1.56 bits per heavy atom. The Kier molecular flexibility index (Phi) is 17.6. The molecule has 25 heavy (non-hydrogen) atoms. The largest absolute Gasteiger partial charge is 0.395 e. The number of rotatable bonds is 19. The Hall–Kier alpha value is 0.137. The van der Waals surface area contributed by atoms with Gasteiger partial charge in [0, 0.05) is 13.2 Å². The van der Waals surface area contributed by atoms with E-state index in [0.717, 1.165) is 25.6 Å². The minimum absolute atomic E-state index is 0.765. The lowest BCUT2D eigenvalue weighted by molar-refractivity contribution is 0.166. The minimum atomic E-state index is -1.88. The molecule has 0 radical (unpaired) electrons. The summed E-state index contributed by atoms with van der Waals surface area (Å²) in [5, 5.41) is 0. The fourth-order valence-electron chi connectivity index (χ4n) is 3.01. The molecule has 1 unspecified atom stereocenters. The molecule has 2 nitrogen and oxygen atoms in total. The maximum absolute atomic E-state index is 6.05. The molecule has 0 saturated heterocycles. The van der Waals surface area contributed by atoms with Gasteiger partial charge in [-0.1, -0.05) is 97.8 Å². The van der Waals surface area contributed by atoms with Crippen LogP contribution in [-0.4, -0.2) is 21.8 Å². The summed E-state index contributed by atoms with van der Waals surface area (Å²) in [6.45, 7) is 13.0. The van der Waals surface area contributed by atoms with Gasteiger partial charge in [0.2, 0.25) is 0 Å². The van der Waals surface area contributed by atoms with Crippen LogP contribution in [0.15, 0.2) is 0 Å². The van der Waals surface area contributed by atoms with Crippen LogP contribution in [0.1, 0.15) is 111 Å². The molecule has 0 rings (SSSR count). The maximum atomic E-state index is 6.05. The molecule has 0 saturated carbocycles. The van der Waals surface area contributed by atoms with Crippen LogP contribution in [0.3, 0.4) is 0 Å². The second-order valence-electron chi connectivity index (χ2n) is 8.29. The van der Waals surface area contributed by atoms with E-state index in [0.29, 0.717) is 0 Å². The molecule has 152 valence electrons. The second kappa shape index (κ2) is 17.5. The van der Waals surface area contributed by atoms with Crippen LogP contribution in [0.25, 0.3) is 0 Å². The maximum Gasteiger partial charge on any atom is 0.331 e. The number of hydrogen-bond acceptors (Lipinski definition) is 2. The van der Waals surface area contributed by atoms with Crippen molar-refractivity contribution in [1.29, 1.82) is 0 Å². The average molecular weight is 373 g/mol. The Balaban J connectivity index is 3.31. The van der Waals surface area contributed by atoms with Gasteiger partial charge in [-0.2, -0.15) is 0 Å². The molecule has 0 aliphatic heterocycles. The zero-order valence-electron chi connectivity index (χ0n) is 18.2. The van der Waals surface area contributed by atoms with E-state index in [9.17, 15) is 0 Å². The lowest BCUT2D eigenvalue weighted by atomic mass is 10.1. The third-order valence-electron chi connectivity index (χ3n) is 5.20. The van der Waals surface area contributed by atoms with Crippen LogP contribution in [0.2, 0.25) is 13.1 Å². The summed E-state index contributed by atoms with van der Waals surface area (Å²) >= 11 is 0. The average Bonchev–Trinajstić information content (AvgIpc) is 2.58. The van der Waals surface area contributed by atoms with E-state index in [1.807, 2.05) is 0 Å². The summed E-state index contributed by atoms with van der Waals surface area (Å²) in [6, 6.07) is 0. The van der Waals surface area contributed by atoms with Gasteiger partial charge < -0.3 is 8.85 Å². The molecule has 0 bridgehead atoms. The molecule has 0 heterocycles. The molecule has 3 heteroatoms. The highest BCUT2D eigenvalue weighted by atomic mass is 28.4. The predicted octanol–water partition coefficient (Wildman–Crippen LogP) is 7.86. The predicted molar refractivity (Wildman–Crippen MR) is 115 cm³/mol. The van der Waals surface area contributed by atoms with Gasteiger partial charge in [-0.05, 0) is 31.9 Å². The van der Waals surface area contributed by atoms with Crippen molar-refractivity contribution in [1.82, 2.24) is 0 Å². The van der Waals surface area contributed by atoms with Gasteiger partial charge in [0.25, 0.3) is 0 Å². The first kappa shape index (κ1) is 25.1. The fourth-order valence-corrected chi connectivity index (χ4v) is 4.34. The lowest BCUT2D eigenvalue weighted by Crippen LogP contribution is -2.35. The highest BCUT2D eigenvalue weighted by Gasteiger charge is 2.24. The molecule has 0 N–H and O–H groups in total. The molecule has 0 aromatic rings. The molecule has 0 aromatic heterocycles. The van der Waals surface area contributed by atoms with E-state index in [1.54, 1.807) is 0 Å². The van der Waals surface area contributed by atoms with Crippen molar-refractivity contribution < 1.29 is 8.85 Å². The Labute approximate surface area is 160 Å². The van der Waals surface area contributed by atoms with Crippen LogP contribution < -0.4 is 0 Å². The van der Waals surface area contributed by atoms with Crippen molar-refractivity contribution in [2.24, 2.45) is 5.92 Å². The first-order chi connectivity index (χ1) is 12.0. The third-order valence-corrected chi connectivity index (χ3v) is 7.00. The van der Waals surface area contributed by atoms with Crippen LogP contribution in [0.4, 0.5) is 0 Å². The molecule has 0 spiro atoms. The van der Waals surface area contributed by atoms with Gasteiger partial charge in [-0.25, -0.2) is 0 Å². The second-order valence-corrected chi connectivity index (χ2v) is 11.7. The van der Waals surface area contributed by atoms with Gasteiger partial charge in [-0.15, -0.1) is 0 Å². The van der Waals surface area contributed by atoms with E-state index in [4.69, 9.17) is 8.85 Å². The summed E-state index contributed by atoms with van der Waals surface area (Å²) in [4.78, 5) is 0. The van der Waals surface area contributed by atoms with Crippen molar-refractivity contribution >= 4 is 8.56 Å². The first-order valence-electron chi connectivity index (χ1n) is 11.3. The first-order valence-corrected chi connectivity index (χ1v) is 14.1.